The molecular formula is C14H28N4O3S. The van der Waals surface area contributed by atoms with Gasteiger partial charge in [-0.3, -0.25) is 4.79 Å². The maximum absolute atomic E-state index is 12.6. The third-order valence-electron chi connectivity index (χ3n) is 4.67. The van der Waals surface area contributed by atoms with Crippen LogP contribution in [0.1, 0.15) is 32.1 Å². The second-order valence-electron chi connectivity index (χ2n) is 6.20. The van der Waals surface area contributed by atoms with Gasteiger partial charge in [0.05, 0.1) is 6.54 Å². The van der Waals surface area contributed by atoms with Crippen LogP contribution in [0.4, 0.5) is 0 Å². The molecule has 1 aliphatic heterocycles. The smallest absolute Gasteiger partial charge is 0.282 e. The van der Waals surface area contributed by atoms with Crippen molar-refractivity contribution in [1.82, 2.24) is 18.8 Å². The van der Waals surface area contributed by atoms with Crippen LogP contribution in [0.2, 0.25) is 0 Å². The average molecular weight is 332 g/mol. The maximum atomic E-state index is 12.6. The largest absolute Gasteiger partial charge is 0.339 e. The highest BCUT2D eigenvalue weighted by Crippen LogP contribution is 2.24. The summed E-state index contributed by atoms with van der Waals surface area (Å²) in [7, 11) is -0.438. The van der Waals surface area contributed by atoms with Crippen LogP contribution in [0.25, 0.3) is 0 Å². The van der Waals surface area contributed by atoms with Gasteiger partial charge in [0, 0.05) is 46.3 Å². The average Bonchev–Trinajstić information content (AvgIpc) is 2.55. The van der Waals surface area contributed by atoms with Gasteiger partial charge in [-0.15, -0.1) is 0 Å². The molecule has 0 aromatic rings. The summed E-state index contributed by atoms with van der Waals surface area (Å²) in [5.41, 5.74) is 0. The molecule has 1 amide bonds. The van der Waals surface area contributed by atoms with E-state index in [2.05, 4.69) is 5.32 Å². The molecule has 128 valence electrons. The Morgan fingerprint density at radius 1 is 1.14 bits per heavy atom. The summed E-state index contributed by atoms with van der Waals surface area (Å²) in [5.74, 6) is -0.121. The van der Waals surface area contributed by atoms with Crippen LogP contribution in [-0.4, -0.2) is 80.7 Å². The van der Waals surface area contributed by atoms with E-state index in [0.717, 1.165) is 38.8 Å². The molecule has 2 aliphatic rings. The Labute approximate surface area is 133 Å². The number of carbonyl (C=O) groups excluding carboxylic acids is 1. The lowest BCUT2D eigenvalue weighted by Crippen LogP contribution is -2.52. The molecule has 2 rings (SSSR count). The van der Waals surface area contributed by atoms with Crippen molar-refractivity contribution in [3.05, 3.63) is 0 Å². The molecule has 0 radical (unpaired) electrons. The Kier molecular flexibility index (Phi) is 6.19. The molecule has 0 aromatic carbocycles. The molecule has 1 saturated carbocycles. The summed E-state index contributed by atoms with van der Waals surface area (Å²) >= 11 is 0. The zero-order valence-corrected chi connectivity index (χ0v) is 14.4. The minimum atomic E-state index is -3.57. The van der Waals surface area contributed by atoms with Crippen LogP contribution in [0.15, 0.2) is 0 Å². The number of nitrogens with one attached hydrogen (secondary N) is 1. The van der Waals surface area contributed by atoms with Crippen molar-refractivity contribution in [2.75, 3.05) is 46.8 Å². The highest BCUT2D eigenvalue weighted by molar-refractivity contribution is 7.86. The van der Waals surface area contributed by atoms with E-state index in [4.69, 9.17) is 0 Å². The first-order valence-electron chi connectivity index (χ1n) is 8.10. The monoisotopic (exact) mass is 332 g/mol. The summed E-state index contributed by atoms with van der Waals surface area (Å²) < 4.78 is 27.9. The van der Waals surface area contributed by atoms with Crippen molar-refractivity contribution in [2.45, 2.75) is 38.1 Å². The van der Waals surface area contributed by atoms with Crippen molar-refractivity contribution in [3.8, 4) is 0 Å². The van der Waals surface area contributed by atoms with E-state index < -0.39 is 10.2 Å². The van der Waals surface area contributed by atoms with Crippen LogP contribution in [-0.2, 0) is 15.0 Å². The van der Waals surface area contributed by atoms with Crippen molar-refractivity contribution >= 4 is 16.1 Å². The summed E-state index contributed by atoms with van der Waals surface area (Å²) in [6.45, 7) is 2.74. The first-order chi connectivity index (χ1) is 10.4. The molecule has 1 saturated heterocycles. The van der Waals surface area contributed by atoms with E-state index in [1.54, 1.807) is 11.9 Å². The highest BCUT2D eigenvalue weighted by Gasteiger charge is 2.32. The topological polar surface area (TPSA) is 73.0 Å². The molecule has 0 bridgehead atoms. The first kappa shape index (κ1) is 17.7. The SMILES string of the molecule is CN(CC(=O)N1CCNCC1)S(=O)(=O)N(C)C1CCCCC1. The fourth-order valence-electron chi connectivity index (χ4n) is 3.14. The minimum absolute atomic E-state index is 0.0653. The number of amides is 1. The Morgan fingerprint density at radius 2 is 1.73 bits per heavy atom. The molecule has 22 heavy (non-hydrogen) atoms. The van der Waals surface area contributed by atoms with Crippen molar-refractivity contribution in [3.63, 3.8) is 0 Å². The number of carbonyl (C=O) groups is 1. The summed E-state index contributed by atoms with van der Waals surface area (Å²) in [6.07, 6.45) is 5.16. The molecule has 0 spiro atoms. The van der Waals surface area contributed by atoms with Crippen molar-refractivity contribution < 1.29 is 13.2 Å². The molecular weight excluding hydrogens is 304 g/mol. The summed E-state index contributed by atoms with van der Waals surface area (Å²) in [4.78, 5) is 14.0. The number of rotatable bonds is 5. The number of hydrogen-bond donors (Lipinski definition) is 1. The van der Waals surface area contributed by atoms with E-state index in [9.17, 15) is 13.2 Å². The minimum Gasteiger partial charge on any atom is -0.339 e. The third kappa shape index (κ3) is 4.18. The molecule has 1 heterocycles. The van der Waals surface area contributed by atoms with E-state index >= 15 is 0 Å². The maximum Gasteiger partial charge on any atom is 0.282 e. The van der Waals surface area contributed by atoms with Gasteiger partial charge in [-0.05, 0) is 12.8 Å². The molecule has 7 nitrogen and oxygen atoms in total. The van der Waals surface area contributed by atoms with E-state index in [0.29, 0.717) is 13.1 Å². The quantitative estimate of drug-likeness (QED) is 0.760. The zero-order valence-electron chi connectivity index (χ0n) is 13.6. The molecule has 8 heteroatoms. The molecule has 2 fully saturated rings. The number of likely N-dealkylation sites (N-methyl/N-ethyl adjacent to an activating group) is 1. The van der Waals surface area contributed by atoms with Crippen molar-refractivity contribution in [1.29, 1.82) is 0 Å². The predicted molar refractivity (Wildman–Crippen MR) is 85.6 cm³/mol. The number of hydrogen-bond acceptors (Lipinski definition) is 4. The summed E-state index contributed by atoms with van der Waals surface area (Å²) in [6, 6.07) is 0.0653. The molecule has 1 aliphatic carbocycles. The fourth-order valence-corrected chi connectivity index (χ4v) is 4.44. The normalized spacial score (nSPS) is 21.5. The lowest BCUT2D eigenvalue weighted by molar-refractivity contribution is -0.131. The van der Waals surface area contributed by atoms with Gasteiger partial charge in [0.15, 0.2) is 0 Å². The van der Waals surface area contributed by atoms with Crippen LogP contribution in [0.5, 0.6) is 0 Å². The van der Waals surface area contributed by atoms with Crippen LogP contribution < -0.4 is 5.32 Å². The third-order valence-corrected chi connectivity index (χ3v) is 6.62. The second kappa shape index (κ2) is 7.72. The Balaban J connectivity index is 1.93. The fraction of sp³-hybridized carbons (Fsp3) is 0.929. The van der Waals surface area contributed by atoms with Crippen LogP contribution >= 0.6 is 0 Å². The summed E-state index contributed by atoms with van der Waals surface area (Å²) in [5, 5.41) is 3.18. The molecule has 1 N–H and O–H groups in total. The number of nitrogens with zero attached hydrogens (tertiary/aromatic N) is 3. The van der Waals surface area contributed by atoms with Gasteiger partial charge >= 0.3 is 0 Å². The van der Waals surface area contributed by atoms with Crippen LogP contribution in [0, 0.1) is 0 Å². The van der Waals surface area contributed by atoms with E-state index in [1.165, 1.54) is 22.1 Å². The Bertz CT molecular complexity index is 470. The van der Waals surface area contributed by atoms with Gasteiger partial charge in [-0.1, -0.05) is 19.3 Å². The standard InChI is InChI=1S/C14H28N4O3S/c1-16(12-14(19)18-10-8-15-9-11-18)22(20,21)17(2)13-6-4-3-5-7-13/h13,15H,3-12H2,1-2H3. The van der Waals surface area contributed by atoms with Gasteiger partial charge in [0.25, 0.3) is 10.2 Å². The van der Waals surface area contributed by atoms with E-state index in [1.807, 2.05) is 0 Å². The molecule has 0 aromatic heterocycles. The first-order valence-corrected chi connectivity index (χ1v) is 9.50. The van der Waals surface area contributed by atoms with E-state index in [-0.39, 0.29) is 18.5 Å². The lowest BCUT2D eigenvalue weighted by atomic mass is 9.96. The predicted octanol–water partition coefficient (Wildman–Crippen LogP) is -0.141. The van der Waals surface area contributed by atoms with Crippen molar-refractivity contribution in [2.24, 2.45) is 0 Å². The Morgan fingerprint density at radius 3 is 2.32 bits per heavy atom. The molecule has 0 atom stereocenters. The van der Waals surface area contributed by atoms with Gasteiger partial charge in [-0.25, -0.2) is 0 Å². The van der Waals surface area contributed by atoms with Crippen LogP contribution in [0.3, 0.4) is 0 Å². The van der Waals surface area contributed by atoms with Gasteiger partial charge in [-0.2, -0.15) is 17.0 Å². The van der Waals surface area contributed by atoms with Gasteiger partial charge in [0.2, 0.25) is 5.91 Å². The van der Waals surface area contributed by atoms with Gasteiger partial charge in [0.1, 0.15) is 0 Å². The van der Waals surface area contributed by atoms with Gasteiger partial charge < -0.3 is 10.2 Å². The second-order valence-corrected chi connectivity index (χ2v) is 8.30. The highest BCUT2D eigenvalue weighted by atomic mass is 32.2. The zero-order chi connectivity index (χ0) is 16.2. The Hall–Kier alpha value is -0.700. The number of piperazine rings is 1. The molecule has 0 unspecified atom stereocenters. The lowest BCUT2D eigenvalue weighted by Gasteiger charge is -2.34.